The Morgan fingerprint density at radius 2 is 2.19 bits per heavy atom. The van der Waals surface area contributed by atoms with Gasteiger partial charge < -0.3 is 9.64 Å². The molecule has 0 aliphatic carbocycles. The zero-order chi connectivity index (χ0) is 11.1. The van der Waals surface area contributed by atoms with Crippen LogP contribution in [-0.2, 0) is 0 Å². The Morgan fingerprint density at radius 1 is 1.38 bits per heavy atom. The van der Waals surface area contributed by atoms with Crippen molar-refractivity contribution in [3.8, 4) is 5.75 Å². The Balaban J connectivity index is 2.02. The average Bonchev–Trinajstić information content (AvgIpc) is 2.60. The highest BCUT2D eigenvalue weighted by Crippen LogP contribution is 2.30. The fourth-order valence-corrected chi connectivity index (χ4v) is 2.36. The van der Waals surface area contributed by atoms with E-state index in [-0.39, 0.29) is 12.5 Å². The standard InChI is InChI=1S/C12H12FNO2/c13-9-5-6-14-10(9)7-16-11-4-2-1-3-8(11)12(14)15/h1-4,9-10H,5-7H2. The van der Waals surface area contributed by atoms with Gasteiger partial charge in [0.25, 0.3) is 5.91 Å². The van der Waals surface area contributed by atoms with Gasteiger partial charge >= 0.3 is 0 Å². The summed E-state index contributed by atoms with van der Waals surface area (Å²) in [7, 11) is 0. The molecule has 2 atom stereocenters. The number of hydrogen-bond donors (Lipinski definition) is 0. The molecule has 2 aliphatic heterocycles. The molecule has 16 heavy (non-hydrogen) atoms. The number of carbonyl (C=O) groups is 1. The van der Waals surface area contributed by atoms with Gasteiger partial charge in [0.1, 0.15) is 18.5 Å². The van der Waals surface area contributed by atoms with Crippen LogP contribution in [0.3, 0.4) is 0 Å². The van der Waals surface area contributed by atoms with Crippen molar-refractivity contribution >= 4 is 5.91 Å². The summed E-state index contributed by atoms with van der Waals surface area (Å²) in [6.45, 7) is 0.742. The second-order valence-corrected chi connectivity index (χ2v) is 4.18. The third-order valence-electron chi connectivity index (χ3n) is 3.25. The number of benzene rings is 1. The number of amides is 1. The molecule has 2 aliphatic rings. The van der Waals surface area contributed by atoms with Crippen LogP contribution in [0.5, 0.6) is 5.75 Å². The minimum absolute atomic E-state index is 0.113. The van der Waals surface area contributed by atoms with Crippen molar-refractivity contribution in [3.05, 3.63) is 29.8 Å². The minimum Gasteiger partial charge on any atom is -0.490 e. The second-order valence-electron chi connectivity index (χ2n) is 4.18. The molecule has 1 amide bonds. The molecular weight excluding hydrogens is 209 g/mol. The lowest BCUT2D eigenvalue weighted by molar-refractivity contribution is 0.0681. The van der Waals surface area contributed by atoms with E-state index >= 15 is 0 Å². The van der Waals surface area contributed by atoms with Crippen molar-refractivity contribution in [1.82, 2.24) is 4.90 Å². The predicted molar refractivity (Wildman–Crippen MR) is 56.3 cm³/mol. The van der Waals surface area contributed by atoms with Crippen LogP contribution in [0.25, 0.3) is 0 Å². The van der Waals surface area contributed by atoms with Gasteiger partial charge in [-0.05, 0) is 18.6 Å². The normalized spacial score (nSPS) is 28.1. The van der Waals surface area contributed by atoms with Gasteiger partial charge in [-0.2, -0.15) is 0 Å². The molecule has 1 aromatic rings. The van der Waals surface area contributed by atoms with Crippen molar-refractivity contribution in [1.29, 1.82) is 0 Å². The molecule has 84 valence electrons. The van der Waals surface area contributed by atoms with Crippen LogP contribution in [-0.4, -0.2) is 36.2 Å². The fourth-order valence-electron chi connectivity index (χ4n) is 2.36. The first-order valence-electron chi connectivity index (χ1n) is 5.44. The number of hydrogen-bond acceptors (Lipinski definition) is 2. The Kier molecular flexibility index (Phi) is 2.09. The lowest BCUT2D eigenvalue weighted by Crippen LogP contribution is -2.40. The molecule has 1 aromatic carbocycles. The van der Waals surface area contributed by atoms with Gasteiger partial charge in [-0.3, -0.25) is 4.79 Å². The van der Waals surface area contributed by atoms with Crippen LogP contribution >= 0.6 is 0 Å². The summed E-state index contributed by atoms with van der Waals surface area (Å²) in [6.07, 6.45) is -0.541. The molecule has 1 fully saturated rings. The molecule has 0 spiro atoms. The molecule has 0 aromatic heterocycles. The summed E-state index contributed by atoms with van der Waals surface area (Å²) >= 11 is 0. The Hall–Kier alpha value is -1.58. The van der Waals surface area contributed by atoms with Crippen LogP contribution in [0.1, 0.15) is 16.8 Å². The highest BCUT2D eigenvalue weighted by Gasteiger charge is 2.40. The van der Waals surface area contributed by atoms with Gasteiger partial charge in [0.2, 0.25) is 0 Å². The quantitative estimate of drug-likeness (QED) is 0.666. The molecule has 0 bridgehead atoms. The average molecular weight is 221 g/mol. The first-order valence-corrected chi connectivity index (χ1v) is 5.44. The molecule has 4 heteroatoms. The highest BCUT2D eigenvalue weighted by molar-refractivity contribution is 5.97. The minimum atomic E-state index is -0.960. The van der Waals surface area contributed by atoms with Crippen LogP contribution in [0.15, 0.2) is 24.3 Å². The molecular formula is C12H12FNO2. The third-order valence-corrected chi connectivity index (χ3v) is 3.25. The van der Waals surface area contributed by atoms with E-state index in [2.05, 4.69) is 0 Å². The number of alkyl halides is 1. The fraction of sp³-hybridized carbons (Fsp3) is 0.417. The Labute approximate surface area is 92.8 Å². The molecule has 3 rings (SSSR count). The summed E-state index contributed by atoms with van der Waals surface area (Å²) < 4.78 is 19.1. The molecule has 2 heterocycles. The maximum Gasteiger partial charge on any atom is 0.258 e. The molecule has 0 N–H and O–H groups in total. The van der Waals surface area contributed by atoms with Crippen LogP contribution in [0, 0.1) is 0 Å². The number of nitrogens with zero attached hydrogens (tertiary/aromatic N) is 1. The lowest BCUT2D eigenvalue weighted by atomic mass is 10.1. The van der Waals surface area contributed by atoms with Gasteiger partial charge in [-0.15, -0.1) is 0 Å². The first kappa shape index (κ1) is 9.63. The third kappa shape index (κ3) is 1.29. The van der Waals surface area contributed by atoms with E-state index in [1.807, 2.05) is 6.07 Å². The van der Waals surface area contributed by atoms with Gasteiger partial charge in [-0.1, -0.05) is 12.1 Å². The summed E-state index contributed by atoms with van der Waals surface area (Å²) in [5.74, 6) is 0.451. The number of ether oxygens (including phenoxy) is 1. The number of rotatable bonds is 0. The predicted octanol–water partition coefficient (Wildman–Crippen LogP) is 1.63. The second kappa shape index (κ2) is 3.47. The monoisotopic (exact) mass is 221 g/mol. The molecule has 1 saturated heterocycles. The molecule has 0 radical (unpaired) electrons. The van der Waals surface area contributed by atoms with Crippen LogP contribution in [0.2, 0.25) is 0 Å². The SMILES string of the molecule is O=C1c2ccccc2OCC2C(F)CCN12. The van der Waals surface area contributed by atoms with E-state index in [9.17, 15) is 9.18 Å². The first-order chi connectivity index (χ1) is 7.77. The molecule has 2 unspecified atom stereocenters. The summed E-state index contributed by atoms with van der Waals surface area (Å²) in [5.41, 5.74) is 0.541. The largest absolute Gasteiger partial charge is 0.490 e. The smallest absolute Gasteiger partial charge is 0.258 e. The molecule has 3 nitrogen and oxygen atoms in total. The Bertz CT molecular complexity index is 435. The van der Waals surface area contributed by atoms with Crippen LogP contribution in [0.4, 0.5) is 4.39 Å². The summed E-state index contributed by atoms with van der Waals surface area (Å²) in [4.78, 5) is 13.7. The van der Waals surface area contributed by atoms with Crippen molar-refractivity contribution in [3.63, 3.8) is 0 Å². The Morgan fingerprint density at radius 3 is 3.06 bits per heavy atom. The lowest BCUT2D eigenvalue weighted by Gasteiger charge is -2.21. The van der Waals surface area contributed by atoms with Crippen molar-refractivity contribution < 1.29 is 13.9 Å². The maximum absolute atomic E-state index is 13.6. The highest BCUT2D eigenvalue weighted by atomic mass is 19.1. The number of carbonyl (C=O) groups excluding carboxylic acids is 1. The van der Waals surface area contributed by atoms with E-state index in [1.54, 1.807) is 23.1 Å². The molecule has 0 saturated carbocycles. The maximum atomic E-state index is 13.6. The van der Waals surface area contributed by atoms with Gasteiger partial charge in [0.15, 0.2) is 0 Å². The van der Waals surface area contributed by atoms with Gasteiger partial charge in [-0.25, -0.2) is 4.39 Å². The van der Waals surface area contributed by atoms with Crippen molar-refractivity contribution in [2.75, 3.05) is 13.2 Å². The topological polar surface area (TPSA) is 29.5 Å². The number of halogens is 1. The van der Waals surface area contributed by atoms with E-state index < -0.39 is 12.2 Å². The summed E-state index contributed by atoms with van der Waals surface area (Å²) in [5, 5.41) is 0. The van der Waals surface area contributed by atoms with Crippen LogP contribution < -0.4 is 4.74 Å². The van der Waals surface area contributed by atoms with Crippen molar-refractivity contribution in [2.45, 2.75) is 18.6 Å². The zero-order valence-electron chi connectivity index (χ0n) is 8.73. The number of fused-ring (bicyclic) bond motifs is 2. The summed E-state index contributed by atoms with van der Waals surface area (Å²) in [6, 6.07) is 6.67. The number of para-hydroxylation sites is 1. The van der Waals surface area contributed by atoms with E-state index in [4.69, 9.17) is 4.74 Å². The van der Waals surface area contributed by atoms with Gasteiger partial charge in [0, 0.05) is 6.54 Å². The van der Waals surface area contributed by atoms with E-state index in [0.717, 1.165) is 0 Å². The van der Waals surface area contributed by atoms with Gasteiger partial charge in [0.05, 0.1) is 11.6 Å². The van der Waals surface area contributed by atoms with E-state index in [0.29, 0.717) is 24.3 Å². The van der Waals surface area contributed by atoms with Crippen molar-refractivity contribution in [2.24, 2.45) is 0 Å². The zero-order valence-corrected chi connectivity index (χ0v) is 8.73. The van der Waals surface area contributed by atoms with E-state index in [1.165, 1.54) is 0 Å².